The third-order valence-electron chi connectivity index (χ3n) is 4.55. The van der Waals surface area contributed by atoms with E-state index in [1.54, 1.807) is 0 Å². The van der Waals surface area contributed by atoms with Gasteiger partial charge in [-0.1, -0.05) is 42.5 Å². The second-order valence-electron chi connectivity index (χ2n) is 6.38. The Labute approximate surface area is 144 Å². The normalized spacial score (nSPS) is 13.8. The number of ether oxygens (including phenoxy) is 1. The zero-order valence-electron chi connectivity index (χ0n) is 14.2. The average molecular weight is 322 g/mol. The molecule has 0 amide bonds. The molecule has 0 aromatic heterocycles. The summed E-state index contributed by atoms with van der Waals surface area (Å²) in [6.45, 7) is 0.999. The number of benzene rings is 2. The lowest BCUT2D eigenvalue weighted by molar-refractivity contribution is 0.266. The van der Waals surface area contributed by atoms with Gasteiger partial charge in [-0.15, -0.1) is 0 Å². The second kappa shape index (κ2) is 8.70. The number of hydrogen-bond donors (Lipinski definition) is 1. The van der Waals surface area contributed by atoms with Crippen LogP contribution in [0.25, 0.3) is 11.6 Å². The van der Waals surface area contributed by atoms with Crippen LogP contribution in [0.15, 0.2) is 48.5 Å². The summed E-state index contributed by atoms with van der Waals surface area (Å²) in [7, 11) is 0. The van der Waals surface area contributed by atoms with E-state index in [2.05, 4.69) is 54.6 Å². The Morgan fingerprint density at radius 3 is 2.62 bits per heavy atom. The topological polar surface area (TPSA) is 29.5 Å². The second-order valence-corrected chi connectivity index (χ2v) is 6.38. The lowest BCUT2D eigenvalue weighted by Gasteiger charge is -2.10. The molecule has 0 aliphatic heterocycles. The van der Waals surface area contributed by atoms with Gasteiger partial charge in [0, 0.05) is 6.61 Å². The van der Waals surface area contributed by atoms with E-state index < -0.39 is 0 Å². The Bertz CT molecular complexity index is 674. The van der Waals surface area contributed by atoms with Gasteiger partial charge in [0.05, 0.1) is 6.61 Å². The van der Waals surface area contributed by atoms with Crippen molar-refractivity contribution in [3.8, 4) is 5.75 Å². The van der Waals surface area contributed by atoms with E-state index >= 15 is 0 Å². The molecule has 126 valence electrons. The molecule has 2 aromatic rings. The molecule has 2 heteroatoms. The minimum atomic E-state index is 0.273. The highest BCUT2D eigenvalue weighted by atomic mass is 16.5. The van der Waals surface area contributed by atoms with Crippen molar-refractivity contribution in [2.24, 2.45) is 0 Å². The first kappa shape index (κ1) is 16.8. The zero-order chi connectivity index (χ0) is 16.6. The van der Waals surface area contributed by atoms with Crippen molar-refractivity contribution in [3.05, 3.63) is 65.2 Å². The molecule has 0 fully saturated rings. The van der Waals surface area contributed by atoms with E-state index in [1.807, 2.05) is 0 Å². The molecule has 2 aromatic carbocycles. The fourth-order valence-corrected chi connectivity index (χ4v) is 3.22. The molecule has 3 rings (SSSR count). The van der Waals surface area contributed by atoms with Crippen LogP contribution in [0.1, 0.15) is 48.8 Å². The van der Waals surface area contributed by atoms with Gasteiger partial charge in [-0.25, -0.2) is 0 Å². The fourth-order valence-electron chi connectivity index (χ4n) is 3.22. The van der Waals surface area contributed by atoms with Crippen LogP contribution >= 0.6 is 0 Å². The first-order valence-electron chi connectivity index (χ1n) is 8.99. The van der Waals surface area contributed by atoms with E-state index in [1.165, 1.54) is 28.7 Å². The Hall–Kier alpha value is -2.06. The molecule has 1 aliphatic rings. The van der Waals surface area contributed by atoms with E-state index in [4.69, 9.17) is 9.84 Å². The summed E-state index contributed by atoms with van der Waals surface area (Å²) in [5, 5.41) is 8.80. The maximum absolute atomic E-state index is 8.80. The Morgan fingerprint density at radius 1 is 0.917 bits per heavy atom. The van der Waals surface area contributed by atoms with Crippen LogP contribution in [0.2, 0.25) is 0 Å². The van der Waals surface area contributed by atoms with Crippen LogP contribution in [0, 0.1) is 0 Å². The van der Waals surface area contributed by atoms with Gasteiger partial charge in [-0.2, -0.15) is 0 Å². The highest BCUT2D eigenvalue weighted by Crippen LogP contribution is 2.31. The molecule has 0 spiro atoms. The maximum atomic E-state index is 8.80. The van der Waals surface area contributed by atoms with Gasteiger partial charge in [0.25, 0.3) is 0 Å². The molecule has 0 heterocycles. The predicted octanol–water partition coefficient (Wildman–Crippen LogP) is 5.10. The molecule has 0 atom stereocenters. The number of allylic oxidation sites excluding steroid dienone is 1. The van der Waals surface area contributed by atoms with Crippen molar-refractivity contribution in [2.45, 2.75) is 38.5 Å². The van der Waals surface area contributed by atoms with Crippen molar-refractivity contribution in [1.82, 2.24) is 0 Å². The number of unbranched alkanes of at least 4 members (excludes halogenated alkanes) is 2. The molecule has 2 nitrogen and oxygen atoms in total. The Kier molecular flexibility index (Phi) is 6.08. The summed E-state index contributed by atoms with van der Waals surface area (Å²) in [5.41, 5.74) is 5.45. The van der Waals surface area contributed by atoms with Gasteiger partial charge in [0.1, 0.15) is 5.75 Å². The minimum absolute atomic E-state index is 0.273. The van der Waals surface area contributed by atoms with Gasteiger partial charge >= 0.3 is 0 Å². The molecule has 0 saturated heterocycles. The van der Waals surface area contributed by atoms with Crippen molar-refractivity contribution in [1.29, 1.82) is 0 Å². The smallest absolute Gasteiger partial charge is 0.119 e. The summed E-state index contributed by atoms with van der Waals surface area (Å²) in [4.78, 5) is 0. The highest BCUT2D eigenvalue weighted by Gasteiger charge is 2.11. The van der Waals surface area contributed by atoms with Crippen LogP contribution in [0.3, 0.4) is 0 Å². The van der Waals surface area contributed by atoms with Crippen LogP contribution in [0.4, 0.5) is 0 Å². The molecule has 24 heavy (non-hydrogen) atoms. The van der Waals surface area contributed by atoms with Crippen LogP contribution in [0.5, 0.6) is 5.75 Å². The molecule has 0 radical (unpaired) electrons. The number of rotatable bonds is 7. The number of hydrogen-bond acceptors (Lipinski definition) is 2. The van der Waals surface area contributed by atoms with E-state index in [9.17, 15) is 0 Å². The minimum Gasteiger partial charge on any atom is -0.494 e. The van der Waals surface area contributed by atoms with Gasteiger partial charge in [0.2, 0.25) is 0 Å². The first-order valence-corrected chi connectivity index (χ1v) is 8.99. The third kappa shape index (κ3) is 4.48. The quantitative estimate of drug-likeness (QED) is 0.718. The van der Waals surface area contributed by atoms with E-state index in [-0.39, 0.29) is 6.61 Å². The molecular formula is C22H26O2. The average Bonchev–Trinajstić information content (AvgIpc) is 2.84. The summed E-state index contributed by atoms with van der Waals surface area (Å²) in [6.07, 6.45) is 8.61. The third-order valence-corrected chi connectivity index (χ3v) is 4.55. The van der Waals surface area contributed by atoms with Crippen molar-refractivity contribution < 1.29 is 9.84 Å². The van der Waals surface area contributed by atoms with Crippen molar-refractivity contribution in [3.63, 3.8) is 0 Å². The number of aliphatic hydroxyl groups is 1. The first-order chi connectivity index (χ1) is 11.9. The van der Waals surface area contributed by atoms with E-state index in [0.29, 0.717) is 0 Å². The van der Waals surface area contributed by atoms with Gasteiger partial charge in [-0.3, -0.25) is 0 Å². The van der Waals surface area contributed by atoms with Gasteiger partial charge < -0.3 is 9.84 Å². The fraction of sp³-hybridized carbons (Fsp3) is 0.364. The molecule has 0 bridgehead atoms. The summed E-state index contributed by atoms with van der Waals surface area (Å²) < 4.78 is 5.87. The van der Waals surface area contributed by atoms with Gasteiger partial charge in [0.15, 0.2) is 0 Å². The zero-order valence-corrected chi connectivity index (χ0v) is 14.2. The number of aryl methyl sites for hydroxylation is 1. The van der Waals surface area contributed by atoms with Crippen molar-refractivity contribution in [2.75, 3.05) is 13.2 Å². The molecule has 1 N–H and O–H groups in total. The lowest BCUT2D eigenvalue weighted by atomic mass is 10.0. The molecule has 0 unspecified atom stereocenters. The summed E-state index contributed by atoms with van der Waals surface area (Å²) in [5.74, 6) is 0.967. The number of fused-ring (bicyclic) bond motifs is 1. The molecule has 0 saturated carbocycles. The molecular weight excluding hydrogens is 296 g/mol. The highest BCUT2D eigenvalue weighted by molar-refractivity contribution is 5.83. The van der Waals surface area contributed by atoms with Crippen molar-refractivity contribution >= 4 is 11.6 Å². The largest absolute Gasteiger partial charge is 0.494 e. The monoisotopic (exact) mass is 322 g/mol. The van der Waals surface area contributed by atoms with Crippen LogP contribution in [-0.4, -0.2) is 18.3 Å². The Balaban J connectivity index is 1.69. The molecule has 1 aliphatic carbocycles. The maximum Gasteiger partial charge on any atom is 0.119 e. The van der Waals surface area contributed by atoms with Gasteiger partial charge in [-0.05, 0) is 72.9 Å². The SMILES string of the molecule is OCCCCCOc1ccc2c(c1)CCCC(c1ccccc1)=C2. The van der Waals surface area contributed by atoms with Crippen LogP contribution < -0.4 is 4.74 Å². The predicted molar refractivity (Wildman–Crippen MR) is 100 cm³/mol. The number of aliphatic hydroxyl groups excluding tert-OH is 1. The summed E-state index contributed by atoms with van der Waals surface area (Å²) in [6, 6.07) is 17.1. The lowest BCUT2D eigenvalue weighted by Crippen LogP contribution is -1.99. The standard InChI is InChI=1S/C22H26O2/c23-14-5-2-6-15-24-22-13-12-21-16-19(10-7-11-20(21)17-22)18-8-3-1-4-9-18/h1,3-4,8-9,12-13,16-17,23H,2,5-7,10-11,14-15H2. The van der Waals surface area contributed by atoms with E-state index in [0.717, 1.165) is 44.5 Å². The summed E-state index contributed by atoms with van der Waals surface area (Å²) >= 11 is 0. The van der Waals surface area contributed by atoms with Crippen LogP contribution in [-0.2, 0) is 6.42 Å². The Morgan fingerprint density at radius 2 is 1.79 bits per heavy atom.